The van der Waals surface area contributed by atoms with Gasteiger partial charge in [0.15, 0.2) is 11.5 Å². The number of fused-ring (bicyclic) bond motifs is 1. The number of carbonyl (C=O) groups is 1. The van der Waals surface area contributed by atoms with E-state index < -0.39 is 23.3 Å². The van der Waals surface area contributed by atoms with Gasteiger partial charge in [0.1, 0.15) is 5.65 Å². The van der Waals surface area contributed by atoms with Crippen molar-refractivity contribution < 1.29 is 24.5 Å². The minimum absolute atomic E-state index is 0.0614. The van der Waals surface area contributed by atoms with Gasteiger partial charge in [-0.15, -0.1) is 0 Å². The van der Waals surface area contributed by atoms with Crippen LogP contribution in [0.25, 0.3) is 5.65 Å². The van der Waals surface area contributed by atoms with E-state index in [9.17, 15) is 19.8 Å². The Hall–Kier alpha value is -3.55. The smallest absolute Gasteiger partial charge is 0.306 e. The van der Waals surface area contributed by atoms with Crippen molar-refractivity contribution >= 4 is 11.6 Å². The van der Waals surface area contributed by atoms with Crippen LogP contribution in [0.4, 0.5) is 0 Å². The van der Waals surface area contributed by atoms with Gasteiger partial charge in [0.05, 0.1) is 26.2 Å². The Bertz CT molecular complexity index is 1060. The predicted octanol–water partition coefficient (Wildman–Crippen LogP) is 1.81. The fourth-order valence-electron chi connectivity index (χ4n) is 2.96. The highest BCUT2D eigenvalue weighted by Crippen LogP contribution is 2.35. The first-order chi connectivity index (χ1) is 13.0. The van der Waals surface area contributed by atoms with Crippen molar-refractivity contribution in [1.82, 2.24) is 9.38 Å². The van der Waals surface area contributed by atoms with Crippen molar-refractivity contribution in [2.45, 2.75) is 12.3 Å². The Morgan fingerprint density at radius 1 is 1.22 bits per heavy atom. The van der Waals surface area contributed by atoms with Crippen LogP contribution in [0.15, 0.2) is 47.4 Å². The summed E-state index contributed by atoms with van der Waals surface area (Å²) in [6, 6.07) is 9.42. The molecule has 140 valence electrons. The highest BCUT2D eigenvalue weighted by atomic mass is 16.5. The maximum absolute atomic E-state index is 13.0. The average Bonchev–Trinajstić information content (AvgIpc) is 2.67. The Morgan fingerprint density at radius 2 is 2.00 bits per heavy atom. The lowest BCUT2D eigenvalue weighted by atomic mass is 9.89. The number of phenolic OH excluding ortho intramolecular Hbond substituents is 1. The van der Waals surface area contributed by atoms with Crippen molar-refractivity contribution in [2.75, 3.05) is 14.2 Å². The third-order valence-corrected chi connectivity index (χ3v) is 4.30. The molecule has 2 heterocycles. The zero-order valence-corrected chi connectivity index (χ0v) is 14.7. The van der Waals surface area contributed by atoms with Crippen LogP contribution >= 0.6 is 0 Å². The molecule has 1 atom stereocenters. The van der Waals surface area contributed by atoms with Crippen LogP contribution in [0.3, 0.4) is 0 Å². The molecule has 0 radical (unpaired) electrons. The minimum Gasteiger partial charge on any atom is -0.504 e. The number of phenols is 1. The molecule has 0 bridgehead atoms. The molecule has 0 spiro atoms. The lowest BCUT2D eigenvalue weighted by molar-refractivity contribution is -0.140. The summed E-state index contributed by atoms with van der Waals surface area (Å²) in [6.45, 7) is 0. The molecule has 3 rings (SSSR count). The zero-order valence-electron chi connectivity index (χ0n) is 14.7. The van der Waals surface area contributed by atoms with E-state index in [1.807, 2.05) is 0 Å². The molecule has 8 heteroatoms. The standard InChI is InChI=1S/C19H18N2O6/c1-26-14-7-6-11(9-13(14)22)12(10-16(23)27-2)17-18(24)20-15-5-3-4-8-21(15)19(17)25/h3-9,12,22,24H,10H2,1-2H3. The fourth-order valence-corrected chi connectivity index (χ4v) is 2.96. The molecular weight excluding hydrogens is 352 g/mol. The van der Waals surface area contributed by atoms with E-state index in [0.29, 0.717) is 5.56 Å². The van der Waals surface area contributed by atoms with E-state index in [1.165, 1.54) is 36.9 Å². The first kappa shape index (κ1) is 18.2. The second kappa shape index (κ2) is 7.36. The van der Waals surface area contributed by atoms with Crippen LogP contribution < -0.4 is 10.3 Å². The van der Waals surface area contributed by atoms with E-state index in [0.717, 1.165) is 0 Å². The van der Waals surface area contributed by atoms with Gasteiger partial charge in [-0.1, -0.05) is 12.1 Å². The summed E-state index contributed by atoms with van der Waals surface area (Å²) in [5, 5.41) is 20.5. The van der Waals surface area contributed by atoms with Crippen LogP contribution in [0.5, 0.6) is 17.4 Å². The number of hydrogen-bond donors (Lipinski definition) is 2. The number of pyridine rings is 1. The van der Waals surface area contributed by atoms with Crippen molar-refractivity contribution in [3.8, 4) is 17.4 Å². The van der Waals surface area contributed by atoms with Crippen LogP contribution in [-0.2, 0) is 9.53 Å². The van der Waals surface area contributed by atoms with E-state index in [4.69, 9.17) is 9.47 Å². The molecule has 8 nitrogen and oxygen atoms in total. The van der Waals surface area contributed by atoms with Gasteiger partial charge < -0.3 is 19.7 Å². The summed E-state index contributed by atoms with van der Waals surface area (Å²) in [6.07, 6.45) is 1.31. The van der Waals surface area contributed by atoms with Gasteiger partial charge >= 0.3 is 5.97 Å². The van der Waals surface area contributed by atoms with Gasteiger partial charge in [0.25, 0.3) is 5.56 Å². The normalized spacial score (nSPS) is 11.9. The fraction of sp³-hybridized carbons (Fsp3) is 0.211. The van der Waals surface area contributed by atoms with Crippen molar-refractivity contribution in [3.63, 3.8) is 0 Å². The predicted molar refractivity (Wildman–Crippen MR) is 96.3 cm³/mol. The highest BCUT2D eigenvalue weighted by molar-refractivity contribution is 5.71. The van der Waals surface area contributed by atoms with Gasteiger partial charge in [-0.2, -0.15) is 4.98 Å². The summed E-state index contributed by atoms with van der Waals surface area (Å²) >= 11 is 0. The summed E-state index contributed by atoms with van der Waals surface area (Å²) in [4.78, 5) is 29.0. The van der Waals surface area contributed by atoms with Crippen LogP contribution in [0.2, 0.25) is 0 Å². The molecule has 1 aromatic carbocycles. The maximum Gasteiger partial charge on any atom is 0.306 e. The monoisotopic (exact) mass is 370 g/mol. The molecule has 0 fully saturated rings. The number of benzene rings is 1. The first-order valence-corrected chi connectivity index (χ1v) is 8.10. The second-order valence-electron chi connectivity index (χ2n) is 5.85. The van der Waals surface area contributed by atoms with Gasteiger partial charge in [0, 0.05) is 12.1 Å². The lowest BCUT2D eigenvalue weighted by Crippen LogP contribution is -2.24. The van der Waals surface area contributed by atoms with Crippen LogP contribution in [0, 0.1) is 0 Å². The molecular formula is C19H18N2O6. The molecule has 27 heavy (non-hydrogen) atoms. The van der Waals surface area contributed by atoms with Gasteiger partial charge in [0.2, 0.25) is 5.88 Å². The Kier molecular flexibility index (Phi) is 4.98. The number of esters is 1. The molecule has 0 aliphatic rings. The number of aromatic hydroxyl groups is 2. The lowest BCUT2D eigenvalue weighted by Gasteiger charge is -2.18. The molecule has 0 saturated carbocycles. The minimum atomic E-state index is -0.869. The molecule has 2 aromatic heterocycles. The SMILES string of the molecule is COC(=O)CC(c1ccc(OC)c(O)c1)c1c(O)nc2ccccn2c1=O. The van der Waals surface area contributed by atoms with E-state index in [2.05, 4.69) is 4.98 Å². The molecule has 0 aliphatic carbocycles. The number of ether oxygens (including phenoxy) is 2. The number of nitrogens with zero attached hydrogens (tertiary/aromatic N) is 2. The zero-order chi connectivity index (χ0) is 19.6. The van der Waals surface area contributed by atoms with Crippen molar-refractivity contribution in [3.05, 3.63) is 64.1 Å². The third-order valence-electron chi connectivity index (χ3n) is 4.30. The summed E-state index contributed by atoms with van der Waals surface area (Å²) < 4.78 is 11.0. The van der Waals surface area contributed by atoms with E-state index in [1.54, 1.807) is 24.3 Å². The Labute approximate surface area is 154 Å². The molecule has 0 saturated heterocycles. The van der Waals surface area contributed by atoms with Gasteiger partial charge in [-0.05, 0) is 29.8 Å². The van der Waals surface area contributed by atoms with Crippen molar-refractivity contribution in [1.29, 1.82) is 0 Å². The maximum atomic E-state index is 13.0. The van der Waals surface area contributed by atoms with E-state index in [-0.39, 0.29) is 29.1 Å². The molecule has 2 N–H and O–H groups in total. The number of rotatable bonds is 5. The highest BCUT2D eigenvalue weighted by Gasteiger charge is 2.27. The van der Waals surface area contributed by atoms with Crippen molar-refractivity contribution in [2.24, 2.45) is 0 Å². The topological polar surface area (TPSA) is 110 Å². The number of aromatic nitrogens is 2. The molecule has 0 aliphatic heterocycles. The second-order valence-corrected chi connectivity index (χ2v) is 5.85. The van der Waals surface area contributed by atoms with Gasteiger partial charge in [-0.25, -0.2) is 0 Å². The number of carbonyl (C=O) groups excluding carboxylic acids is 1. The Morgan fingerprint density at radius 3 is 2.67 bits per heavy atom. The number of methoxy groups -OCH3 is 2. The van der Waals surface area contributed by atoms with Gasteiger partial charge in [-0.3, -0.25) is 14.0 Å². The third kappa shape index (κ3) is 3.41. The molecule has 3 aromatic rings. The van der Waals surface area contributed by atoms with Crippen LogP contribution in [-0.4, -0.2) is 39.8 Å². The summed E-state index contributed by atoms with van der Waals surface area (Å²) in [7, 11) is 2.64. The average molecular weight is 370 g/mol. The molecule has 1 unspecified atom stereocenters. The Balaban J connectivity index is 2.23. The van der Waals surface area contributed by atoms with Crippen LogP contribution in [0.1, 0.15) is 23.5 Å². The summed E-state index contributed by atoms with van der Waals surface area (Å²) in [5.74, 6) is -1.83. The molecule has 0 amide bonds. The summed E-state index contributed by atoms with van der Waals surface area (Å²) in [5.41, 5.74) is 0.137. The van der Waals surface area contributed by atoms with E-state index >= 15 is 0 Å². The first-order valence-electron chi connectivity index (χ1n) is 8.10. The quantitative estimate of drug-likeness (QED) is 0.659. The largest absolute Gasteiger partial charge is 0.504 e. The number of hydrogen-bond acceptors (Lipinski definition) is 7.